The van der Waals surface area contributed by atoms with Gasteiger partial charge in [-0.2, -0.15) is 9.40 Å². The van der Waals surface area contributed by atoms with Crippen LogP contribution in [0.25, 0.3) is 0 Å². The molecule has 0 saturated carbocycles. The number of rotatable bonds is 6. The first-order valence-electron chi connectivity index (χ1n) is 7.74. The molecule has 2 heterocycles. The average Bonchev–Trinajstić information content (AvgIpc) is 2.91. The molecule has 1 aromatic rings. The van der Waals surface area contributed by atoms with Gasteiger partial charge in [0.25, 0.3) is 0 Å². The zero-order chi connectivity index (χ0) is 15.5. The smallest absolute Gasteiger partial charge is 0.246 e. The van der Waals surface area contributed by atoms with Crippen molar-refractivity contribution in [2.75, 3.05) is 19.6 Å². The Balaban J connectivity index is 2.11. The number of hydrogen-bond donors (Lipinski definition) is 2. The van der Waals surface area contributed by atoms with Crippen LogP contribution >= 0.6 is 0 Å². The third kappa shape index (κ3) is 3.46. The lowest BCUT2D eigenvalue weighted by molar-refractivity contribution is 0.202. The van der Waals surface area contributed by atoms with Gasteiger partial charge in [0.05, 0.1) is 11.9 Å². The van der Waals surface area contributed by atoms with Crippen molar-refractivity contribution in [3.05, 3.63) is 11.9 Å². The molecule has 0 aliphatic carbocycles. The molecule has 0 aromatic carbocycles. The maximum Gasteiger partial charge on any atom is 0.246 e. The van der Waals surface area contributed by atoms with Crippen LogP contribution < -0.4 is 5.32 Å². The van der Waals surface area contributed by atoms with E-state index < -0.39 is 10.0 Å². The average molecular weight is 314 g/mol. The fourth-order valence-corrected chi connectivity index (χ4v) is 4.60. The van der Waals surface area contributed by atoms with Gasteiger partial charge in [0, 0.05) is 19.1 Å². The fourth-order valence-electron chi connectivity index (χ4n) is 2.97. The molecule has 2 atom stereocenters. The van der Waals surface area contributed by atoms with Crippen molar-refractivity contribution in [3.63, 3.8) is 0 Å². The number of nitrogens with zero attached hydrogens (tertiary/aromatic N) is 2. The second-order valence-electron chi connectivity index (χ2n) is 5.74. The molecule has 120 valence electrons. The highest BCUT2D eigenvalue weighted by molar-refractivity contribution is 7.89. The summed E-state index contributed by atoms with van der Waals surface area (Å²) >= 11 is 0. The predicted octanol–water partition coefficient (Wildman–Crippen LogP) is 1.51. The molecule has 0 amide bonds. The van der Waals surface area contributed by atoms with E-state index in [4.69, 9.17) is 0 Å². The monoisotopic (exact) mass is 314 g/mol. The van der Waals surface area contributed by atoms with E-state index in [0.29, 0.717) is 35.6 Å². The highest BCUT2D eigenvalue weighted by Gasteiger charge is 2.35. The predicted molar refractivity (Wildman–Crippen MR) is 82.6 cm³/mol. The third-order valence-electron chi connectivity index (χ3n) is 4.28. The van der Waals surface area contributed by atoms with E-state index in [1.165, 1.54) is 6.20 Å². The maximum absolute atomic E-state index is 12.7. The summed E-state index contributed by atoms with van der Waals surface area (Å²) in [5.41, 5.74) is 0.606. The van der Waals surface area contributed by atoms with E-state index in [9.17, 15) is 8.42 Å². The van der Waals surface area contributed by atoms with Crippen LogP contribution in [-0.2, 0) is 10.0 Å². The summed E-state index contributed by atoms with van der Waals surface area (Å²) in [6, 6.07) is 0.423. The first kappa shape index (κ1) is 16.5. The van der Waals surface area contributed by atoms with E-state index in [-0.39, 0.29) is 0 Å². The molecule has 1 fully saturated rings. The Hall–Kier alpha value is -0.920. The Morgan fingerprint density at radius 3 is 2.81 bits per heavy atom. The van der Waals surface area contributed by atoms with Crippen molar-refractivity contribution < 1.29 is 8.42 Å². The molecule has 7 heteroatoms. The third-order valence-corrected chi connectivity index (χ3v) is 6.26. The molecule has 0 radical (unpaired) electrons. The molecule has 21 heavy (non-hydrogen) atoms. The van der Waals surface area contributed by atoms with Crippen molar-refractivity contribution in [1.29, 1.82) is 0 Å². The SMILES string of the molecule is CCCNC1CCN(S(=O)(=O)c2cn[nH]c2C)CC1CC. The first-order valence-corrected chi connectivity index (χ1v) is 9.18. The van der Waals surface area contributed by atoms with Gasteiger partial charge in [-0.3, -0.25) is 5.10 Å². The van der Waals surface area contributed by atoms with Crippen LogP contribution in [0.5, 0.6) is 0 Å². The van der Waals surface area contributed by atoms with Gasteiger partial charge < -0.3 is 5.32 Å². The van der Waals surface area contributed by atoms with Gasteiger partial charge in [0.15, 0.2) is 0 Å². The molecule has 2 N–H and O–H groups in total. The van der Waals surface area contributed by atoms with Gasteiger partial charge in [-0.25, -0.2) is 8.42 Å². The Bertz CT molecular complexity index is 555. The van der Waals surface area contributed by atoms with Gasteiger partial charge in [0.2, 0.25) is 10.0 Å². The highest BCUT2D eigenvalue weighted by Crippen LogP contribution is 2.26. The Morgan fingerprint density at radius 1 is 1.48 bits per heavy atom. The lowest BCUT2D eigenvalue weighted by atomic mass is 9.91. The van der Waals surface area contributed by atoms with Crippen LogP contribution in [0.15, 0.2) is 11.1 Å². The summed E-state index contributed by atoms with van der Waals surface area (Å²) in [7, 11) is -3.42. The van der Waals surface area contributed by atoms with Crippen LogP contribution in [0.2, 0.25) is 0 Å². The van der Waals surface area contributed by atoms with Crippen LogP contribution in [0.4, 0.5) is 0 Å². The molecular weight excluding hydrogens is 288 g/mol. The first-order chi connectivity index (χ1) is 10.0. The lowest BCUT2D eigenvalue weighted by Crippen LogP contribution is -2.51. The fraction of sp³-hybridized carbons (Fsp3) is 0.786. The van der Waals surface area contributed by atoms with Crippen molar-refractivity contribution in [2.45, 2.75) is 51.0 Å². The van der Waals surface area contributed by atoms with Crippen molar-refractivity contribution in [1.82, 2.24) is 19.8 Å². The largest absolute Gasteiger partial charge is 0.314 e. The number of aryl methyl sites for hydroxylation is 1. The number of hydrogen-bond acceptors (Lipinski definition) is 4. The Morgan fingerprint density at radius 2 is 2.24 bits per heavy atom. The molecule has 6 nitrogen and oxygen atoms in total. The van der Waals surface area contributed by atoms with E-state index in [1.54, 1.807) is 11.2 Å². The van der Waals surface area contributed by atoms with E-state index in [0.717, 1.165) is 25.8 Å². The quantitative estimate of drug-likeness (QED) is 0.834. The second kappa shape index (κ2) is 6.89. The molecular formula is C14H26N4O2S. The summed E-state index contributed by atoms with van der Waals surface area (Å²) in [5, 5.41) is 10.1. The van der Waals surface area contributed by atoms with Crippen molar-refractivity contribution >= 4 is 10.0 Å². The Labute approximate surface area is 127 Å². The summed E-state index contributed by atoms with van der Waals surface area (Å²) in [4.78, 5) is 0.303. The summed E-state index contributed by atoms with van der Waals surface area (Å²) in [5.74, 6) is 0.368. The number of nitrogens with one attached hydrogen (secondary N) is 2. The second-order valence-corrected chi connectivity index (χ2v) is 7.65. The molecule has 0 bridgehead atoms. The molecule has 1 aliphatic heterocycles. The minimum atomic E-state index is -3.42. The van der Waals surface area contributed by atoms with Gasteiger partial charge in [-0.1, -0.05) is 20.3 Å². The molecule has 2 unspecified atom stereocenters. The minimum absolute atomic E-state index is 0.303. The van der Waals surface area contributed by atoms with E-state index >= 15 is 0 Å². The molecule has 0 spiro atoms. The van der Waals surface area contributed by atoms with Crippen LogP contribution in [0.1, 0.15) is 38.8 Å². The number of piperidine rings is 1. The van der Waals surface area contributed by atoms with Crippen LogP contribution in [-0.4, -0.2) is 48.6 Å². The molecule has 1 aromatic heterocycles. The lowest BCUT2D eigenvalue weighted by Gasteiger charge is -2.38. The number of sulfonamides is 1. The van der Waals surface area contributed by atoms with Gasteiger partial charge in [0.1, 0.15) is 4.90 Å². The number of aromatic nitrogens is 2. The van der Waals surface area contributed by atoms with Crippen molar-refractivity contribution in [2.24, 2.45) is 5.92 Å². The molecule has 1 saturated heterocycles. The number of aromatic amines is 1. The summed E-state index contributed by atoms with van der Waals surface area (Å²) < 4.78 is 27.0. The Kier molecular flexibility index (Phi) is 5.40. The summed E-state index contributed by atoms with van der Waals surface area (Å²) in [6.45, 7) is 8.18. The van der Waals surface area contributed by atoms with Gasteiger partial charge >= 0.3 is 0 Å². The summed E-state index contributed by atoms with van der Waals surface area (Å²) in [6.07, 6.45) is 4.36. The molecule has 2 rings (SSSR count). The van der Waals surface area contributed by atoms with E-state index in [1.807, 2.05) is 0 Å². The van der Waals surface area contributed by atoms with Crippen molar-refractivity contribution in [3.8, 4) is 0 Å². The van der Waals surface area contributed by atoms with Gasteiger partial charge in [-0.15, -0.1) is 0 Å². The zero-order valence-corrected chi connectivity index (χ0v) is 13.9. The normalized spacial score (nSPS) is 24.3. The standard InChI is InChI=1S/C14H26N4O2S/c1-4-7-15-13-6-8-18(10-12(13)5-2)21(19,20)14-9-16-17-11(14)3/h9,12-13,15H,4-8,10H2,1-3H3,(H,16,17). The van der Waals surface area contributed by atoms with Crippen LogP contribution in [0, 0.1) is 12.8 Å². The topological polar surface area (TPSA) is 78.1 Å². The van der Waals surface area contributed by atoms with Gasteiger partial charge in [-0.05, 0) is 32.2 Å². The number of H-pyrrole nitrogens is 1. The molecule has 1 aliphatic rings. The van der Waals surface area contributed by atoms with Crippen LogP contribution in [0.3, 0.4) is 0 Å². The minimum Gasteiger partial charge on any atom is -0.314 e. The maximum atomic E-state index is 12.7. The highest BCUT2D eigenvalue weighted by atomic mass is 32.2. The van der Waals surface area contributed by atoms with E-state index in [2.05, 4.69) is 29.4 Å². The zero-order valence-electron chi connectivity index (χ0n) is 13.1.